The van der Waals surface area contributed by atoms with E-state index in [0.717, 1.165) is 5.56 Å². The Labute approximate surface area is 447 Å². The molecule has 0 aromatic heterocycles. The summed E-state index contributed by atoms with van der Waals surface area (Å²) in [5, 5.41) is 20.3. The molecule has 0 radical (unpaired) electrons. The number of carbonyl (C=O) groups is 9. The molecule has 5 rings (SSSR count). The minimum absolute atomic E-state index is 0.0205. The average molecular weight is 1060 g/mol. The topological polar surface area (TPSA) is 244 Å². The molecular formula is C56H83N9O9S. The number of thioether (sulfide) groups is 1. The maximum Gasteiger partial charge on any atom is 0.246 e. The van der Waals surface area contributed by atoms with Gasteiger partial charge in [-0.1, -0.05) is 135 Å². The molecule has 0 bridgehead atoms. The SMILES string of the molecule is CC[C@H](C)[C@@H]1NC(=O)[C@H](CCSC)NC(=O)[C@H]([C@@H](C)CC)NC(=O)[C@H](C(C)C)NC(=O)[C@H](Cc2ccccc2)NC(=O)[C@H](Cc2ccccc2)NC(=O)[C@@H]2CCCN2C(=O)[C@@H]2CCCN2C(=O)[C@H]([C@@H](C)CC)NC1=O. The van der Waals surface area contributed by atoms with Crippen molar-refractivity contribution in [1.82, 2.24) is 47.0 Å². The third-order valence-electron chi connectivity index (χ3n) is 15.3. The molecule has 19 heteroatoms. The Hall–Kier alpha value is -5.98. The van der Waals surface area contributed by atoms with Crippen LogP contribution in [0, 0.1) is 23.7 Å². The van der Waals surface area contributed by atoms with Crippen molar-refractivity contribution in [2.45, 2.75) is 174 Å². The summed E-state index contributed by atoms with van der Waals surface area (Å²) in [6.45, 7) is 15.1. The van der Waals surface area contributed by atoms with Crippen LogP contribution >= 0.6 is 11.8 Å². The molecule has 0 spiro atoms. The summed E-state index contributed by atoms with van der Waals surface area (Å²) in [5.41, 5.74) is 1.43. The second-order valence-electron chi connectivity index (χ2n) is 21.1. The maximum atomic E-state index is 14.8. The van der Waals surface area contributed by atoms with Crippen molar-refractivity contribution in [2.24, 2.45) is 23.7 Å². The fourth-order valence-corrected chi connectivity index (χ4v) is 10.5. The molecule has 2 aromatic rings. The van der Waals surface area contributed by atoms with Crippen molar-refractivity contribution in [3.8, 4) is 0 Å². The van der Waals surface area contributed by atoms with Crippen LogP contribution in [-0.2, 0) is 56.0 Å². The molecule has 9 amide bonds. The summed E-state index contributed by atoms with van der Waals surface area (Å²) in [4.78, 5) is 134. The molecule has 0 unspecified atom stereocenters. The zero-order valence-corrected chi connectivity index (χ0v) is 46.3. The van der Waals surface area contributed by atoms with Gasteiger partial charge in [0.05, 0.1) is 0 Å². The Morgan fingerprint density at radius 1 is 0.467 bits per heavy atom. The zero-order valence-electron chi connectivity index (χ0n) is 45.4. The first-order valence-electron chi connectivity index (χ1n) is 27.1. The van der Waals surface area contributed by atoms with Crippen molar-refractivity contribution < 1.29 is 43.2 Å². The first-order chi connectivity index (χ1) is 35.8. The lowest BCUT2D eigenvalue weighted by Crippen LogP contribution is -2.62. The molecule has 3 fully saturated rings. The van der Waals surface area contributed by atoms with Crippen LogP contribution in [0.25, 0.3) is 0 Å². The molecule has 412 valence electrons. The number of hydrogen-bond acceptors (Lipinski definition) is 10. The van der Waals surface area contributed by atoms with E-state index in [2.05, 4.69) is 37.2 Å². The third kappa shape index (κ3) is 16.0. The quantitative estimate of drug-likeness (QED) is 0.145. The van der Waals surface area contributed by atoms with Crippen molar-refractivity contribution in [2.75, 3.05) is 25.1 Å². The Bertz CT molecular complexity index is 2290. The molecule has 12 atom stereocenters. The van der Waals surface area contributed by atoms with Crippen molar-refractivity contribution >= 4 is 64.9 Å². The Balaban J connectivity index is 1.60. The Morgan fingerprint density at radius 3 is 1.36 bits per heavy atom. The lowest BCUT2D eigenvalue weighted by atomic mass is 9.94. The summed E-state index contributed by atoms with van der Waals surface area (Å²) in [6.07, 6.45) is 5.22. The lowest BCUT2D eigenvalue weighted by Gasteiger charge is -2.35. The zero-order chi connectivity index (χ0) is 54.9. The van der Waals surface area contributed by atoms with Gasteiger partial charge in [-0.25, -0.2) is 0 Å². The number of benzene rings is 2. The van der Waals surface area contributed by atoms with Crippen LogP contribution in [0.15, 0.2) is 60.7 Å². The van der Waals surface area contributed by atoms with Gasteiger partial charge in [-0.15, -0.1) is 0 Å². The second-order valence-corrected chi connectivity index (χ2v) is 22.1. The highest BCUT2D eigenvalue weighted by molar-refractivity contribution is 7.98. The van der Waals surface area contributed by atoms with Crippen LogP contribution in [0.2, 0.25) is 0 Å². The molecule has 3 heterocycles. The molecule has 3 saturated heterocycles. The van der Waals surface area contributed by atoms with Crippen LogP contribution in [0.1, 0.15) is 118 Å². The van der Waals surface area contributed by atoms with E-state index in [0.29, 0.717) is 56.3 Å². The minimum Gasteiger partial charge on any atom is -0.342 e. The summed E-state index contributed by atoms with van der Waals surface area (Å²) in [5.74, 6) is -6.52. The highest BCUT2D eigenvalue weighted by atomic mass is 32.2. The molecule has 7 N–H and O–H groups in total. The van der Waals surface area contributed by atoms with Crippen LogP contribution in [0.3, 0.4) is 0 Å². The number of amides is 9. The largest absolute Gasteiger partial charge is 0.342 e. The van der Waals surface area contributed by atoms with Crippen LogP contribution in [0.5, 0.6) is 0 Å². The van der Waals surface area contributed by atoms with E-state index < -0.39 is 125 Å². The Kier molecular flexibility index (Phi) is 23.0. The van der Waals surface area contributed by atoms with Crippen molar-refractivity contribution in [3.05, 3.63) is 71.8 Å². The Morgan fingerprint density at radius 2 is 0.853 bits per heavy atom. The van der Waals surface area contributed by atoms with E-state index in [1.54, 1.807) is 32.9 Å². The predicted molar refractivity (Wildman–Crippen MR) is 289 cm³/mol. The fourth-order valence-electron chi connectivity index (χ4n) is 10.0. The van der Waals surface area contributed by atoms with Gasteiger partial charge in [0.2, 0.25) is 53.2 Å². The standard InChI is InChI=1S/C56H83N9O9S/c1-10-34(6)45-53(71)57-39(27-30-75-9)48(66)61-46(35(7)11-2)54(72)63-47(36(8)12-3)56(74)65-29-20-26-43(65)55(73)64-28-19-25-42(64)51(69)59-40(31-37-21-15-13-16-22-37)49(67)58-41(32-38-23-17-14-18-24-38)50(68)60-44(33(4)5)52(70)62-45/h13-18,21-24,33-36,39-47H,10-12,19-20,25-32H2,1-9H3,(H,57,71)(H,58,67)(H,59,69)(H,60,68)(H,61,66)(H,62,70)(H,63,72)/t34-,35-,36-,39-,40-,41-,42-,43-,44-,45-,46-,47-/m0/s1. The number of carbonyl (C=O) groups excluding carboxylic acids is 9. The molecular weight excluding hydrogens is 975 g/mol. The number of nitrogens with zero attached hydrogens (tertiary/aromatic N) is 2. The first-order valence-corrected chi connectivity index (χ1v) is 28.5. The monoisotopic (exact) mass is 1060 g/mol. The fraction of sp³-hybridized carbons (Fsp3) is 0.625. The van der Waals surface area contributed by atoms with Gasteiger partial charge in [0.25, 0.3) is 0 Å². The smallest absolute Gasteiger partial charge is 0.246 e. The minimum atomic E-state index is -1.24. The van der Waals surface area contributed by atoms with Crippen molar-refractivity contribution in [3.63, 3.8) is 0 Å². The van der Waals surface area contributed by atoms with Gasteiger partial charge >= 0.3 is 0 Å². The van der Waals surface area contributed by atoms with E-state index in [9.17, 15) is 43.2 Å². The molecule has 2 aromatic carbocycles. The summed E-state index contributed by atoms with van der Waals surface area (Å²) >= 11 is 1.47. The van der Waals surface area contributed by atoms with E-state index in [4.69, 9.17) is 0 Å². The number of hydrogen-bond donors (Lipinski definition) is 7. The normalized spacial score (nSPS) is 27.6. The van der Waals surface area contributed by atoms with Crippen LogP contribution in [-0.4, -0.2) is 142 Å². The van der Waals surface area contributed by atoms with E-state index in [1.807, 2.05) is 89.4 Å². The highest BCUT2D eigenvalue weighted by Crippen LogP contribution is 2.28. The van der Waals surface area contributed by atoms with E-state index in [-0.39, 0.29) is 38.3 Å². The molecule has 0 aliphatic carbocycles. The van der Waals surface area contributed by atoms with Gasteiger partial charge in [0.15, 0.2) is 0 Å². The number of nitrogens with one attached hydrogen (secondary N) is 7. The van der Waals surface area contributed by atoms with Gasteiger partial charge in [-0.05, 0) is 78.9 Å². The summed E-state index contributed by atoms with van der Waals surface area (Å²) < 4.78 is 0. The molecule has 3 aliphatic rings. The van der Waals surface area contributed by atoms with E-state index >= 15 is 0 Å². The second kappa shape index (κ2) is 28.8. The van der Waals surface area contributed by atoms with Crippen molar-refractivity contribution in [1.29, 1.82) is 0 Å². The van der Waals surface area contributed by atoms with Gasteiger partial charge in [0, 0.05) is 25.9 Å². The van der Waals surface area contributed by atoms with E-state index in [1.165, 1.54) is 21.6 Å². The van der Waals surface area contributed by atoms with Crippen LogP contribution < -0.4 is 37.2 Å². The van der Waals surface area contributed by atoms with Gasteiger partial charge in [-0.3, -0.25) is 43.2 Å². The number of fused-ring (bicyclic) bond motifs is 2. The van der Waals surface area contributed by atoms with Gasteiger partial charge in [-0.2, -0.15) is 11.8 Å². The summed E-state index contributed by atoms with van der Waals surface area (Å²) in [7, 11) is 0. The lowest BCUT2D eigenvalue weighted by molar-refractivity contribution is -0.149. The van der Waals surface area contributed by atoms with Gasteiger partial charge in [0.1, 0.15) is 54.4 Å². The van der Waals surface area contributed by atoms with Gasteiger partial charge < -0.3 is 47.0 Å². The molecule has 75 heavy (non-hydrogen) atoms. The van der Waals surface area contributed by atoms with Crippen LogP contribution in [0.4, 0.5) is 0 Å². The molecule has 0 saturated carbocycles. The molecule has 3 aliphatic heterocycles. The maximum absolute atomic E-state index is 14.8. The highest BCUT2D eigenvalue weighted by Gasteiger charge is 2.46. The third-order valence-corrected chi connectivity index (χ3v) is 16.0. The summed E-state index contributed by atoms with van der Waals surface area (Å²) in [6, 6.07) is 8.15. The number of rotatable bonds is 14. The molecule has 18 nitrogen and oxygen atoms in total. The first kappa shape index (κ1) is 59.9. The predicted octanol–water partition coefficient (Wildman–Crippen LogP) is 3.41. The average Bonchev–Trinajstić information content (AvgIpc) is 4.12.